The summed E-state index contributed by atoms with van der Waals surface area (Å²) in [5.41, 5.74) is 3.42. The van der Waals surface area contributed by atoms with Gasteiger partial charge in [-0.25, -0.2) is 4.98 Å². The normalized spacial score (nSPS) is 17.0. The highest BCUT2D eigenvalue weighted by atomic mass is 16.2. The molecule has 1 aliphatic heterocycles. The van der Waals surface area contributed by atoms with Crippen molar-refractivity contribution in [2.24, 2.45) is 0 Å². The van der Waals surface area contributed by atoms with Gasteiger partial charge in [0.25, 0.3) is 5.91 Å². The number of nitrogens with one attached hydrogen (secondary N) is 1. The second-order valence-electron chi connectivity index (χ2n) is 7.44. The predicted octanol–water partition coefficient (Wildman–Crippen LogP) is 2.56. The molecular formula is C20H24N6O. The van der Waals surface area contributed by atoms with Crippen LogP contribution >= 0.6 is 0 Å². The Balaban J connectivity index is 1.45. The molecule has 0 unspecified atom stereocenters. The minimum Gasteiger partial charge on any atom is -0.353 e. The third-order valence-electron chi connectivity index (χ3n) is 5.07. The summed E-state index contributed by atoms with van der Waals surface area (Å²) in [6.07, 6.45) is 4.63. The maximum absolute atomic E-state index is 12.7. The third kappa shape index (κ3) is 3.49. The molecule has 0 aromatic carbocycles. The van der Waals surface area contributed by atoms with Gasteiger partial charge in [0.05, 0.1) is 11.2 Å². The van der Waals surface area contributed by atoms with Crippen molar-refractivity contribution < 1.29 is 4.79 Å². The molecule has 27 heavy (non-hydrogen) atoms. The van der Waals surface area contributed by atoms with E-state index >= 15 is 0 Å². The second-order valence-corrected chi connectivity index (χ2v) is 7.44. The number of amides is 1. The number of hydrogen-bond acceptors (Lipinski definition) is 5. The van der Waals surface area contributed by atoms with Crippen molar-refractivity contribution in [3.8, 4) is 0 Å². The van der Waals surface area contributed by atoms with Crippen molar-refractivity contribution in [2.75, 3.05) is 18.0 Å². The molecular weight excluding hydrogens is 340 g/mol. The lowest BCUT2D eigenvalue weighted by Crippen LogP contribution is -2.37. The molecule has 0 bridgehead atoms. The Kier molecular flexibility index (Phi) is 4.51. The van der Waals surface area contributed by atoms with Crippen LogP contribution in [0.2, 0.25) is 0 Å². The average molecular weight is 364 g/mol. The van der Waals surface area contributed by atoms with Gasteiger partial charge < -0.3 is 14.6 Å². The number of carbonyl (C=O) groups is 1. The van der Waals surface area contributed by atoms with E-state index < -0.39 is 0 Å². The van der Waals surface area contributed by atoms with Gasteiger partial charge in [0.1, 0.15) is 6.33 Å². The Labute approximate surface area is 158 Å². The first-order valence-electron chi connectivity index (χ1n) is 9.34. The number of rotatable bonds is 4. The zero-order valence-corrected chi connectivity index (χ0v) is 15.9. The number of nitrogens with zero attached hydrogens (tertiary/aromatic N) is 5. The molecule has 4 rings (SSSR count). The Morgan fingerprint density at radius 1 is 1.22 bits per heavy atom. The van der Waals surface area contributed by atoms with Gasteiger partial charge in [-0.2, -0.15) is 5.10 Å². The standard InChI is InChI=1S/C20H24N6O/c1-13(2)15-5-6-17-19(21-12-26(17)10-15)20(27)22-16-8-9-25(11-16)18-7-4-14(3)23-24-18/h4-7,10,12-13,16H,8-9,11H2,1-3H3,(H,22,27)/t16-/m1/s1. The Morgan fingerprint density at radius 3 is 2.81 bits per heavy atom. The Hall–Kier alpha value is -2.96. The minimum absolute atomic E-state index is 0.0762. The molecule has 0 aliphatic carbocycles. The predicted molar refractivity (Wildman–Crippen MR) is 104 cm³/mol. The van der Waals surface area contributed by atoms with Crippen LogP contribution in [0.3, 0.4) is 0 Å². The highest BCUT2D eigenvalue weighted by Gasteiger charge is 2.26. The van der Waals surface area contributed by atoms with Gasteiger partial charge in [0.2, 0.25) is 0 Å². The maximum Gasteiger partial charge on any atom is 0.272 e. The SMILES string of the molecule is Cc1ccc(N2CC[C@@H](NC(=O)c3ncn4cc(C(C)C)ccc34)C2)nn1. The van der Waals surface area contributed by atoms with Gasteiger partial charge in [-0.05, 0) is 43.0 Å². The van der Waals surface area contributed by atoms with Crippen LogP contribution in [0.15, 0.2) is 36.8 Å². The second kappa shape index (κ2) is 6.98. The van der Waals surface area contributed by atoms with Crippen LogP contribution < -0.4 is 10.2 Å². The minimum atomic E-state index is -0.128. The molecule has 0 spiro atoms. The lowest BCUT2D eigenvalue weighted by molar-refractivity contribution is 0.0937. The summed E-state index contributed by atoms with van der Waals surface area (Å²) in [5.74, 6) is 1.16. The molecule has 0 radical (unpaired) electrons. The quantitative estimate of drug-likeness (QED) is 0.770. The lowest BCUT2D eigenvalue weighted by Gasteiger charge is -2.17. The summed E-state index contributed by atoms with van der Waals surface area (Å²) < 4.78 is 1.92. The number of aryl methyl sites for hydroxylation is 1. The summed E-state index contributed by atoms with van der Waals surface area (Å²) >= 11 is 0. The summed E-state index contributed by atoms with van der Waals surface area (Å²) in [5, 5.41) is 11.5. The maximum atomic E-state index is 12.7. The zero-order chi connectivity index (χ0) is 19.0. The van der Waals surface area contributed by atoms with Gasteiger partial charge in [-0.15, -0.1) is 5.10 Å². The van der Waals surface area contributed by atoms with Gasteiger partial charge in [0, 0.05) is 25.3 Å². The van der Waals surface area contributed by atoms with E-state index in [1.807, 2.05) is 35.7 Å². The van der Waals surface area contributed by atoms with Crippen molar-refractivity contribution in [3.63, 3.8) is 0 Å². The first kappa shape index (κ1) is 17.5. The number of hydrogen-bond donors (Lipinski definition) is 1. The lowest BCUT2D eigenvalue weighted by atomic mass is 10.1. The molecule has 1 fully saturated rings. The van der Waals surface area contributed by atoms with Crippen LogP contribution in [0, 0.1) is 6.92 Å². The van der Waals surface area contributed by atoms with Crippen molar-refractivity contribution in [1.82, 2.24) is 24.9 Å². The van der Waals surface area contributed by atoms with Crippen molar-refractivity contribution in [3.05, 3.63) is 53.7 Å². The summed E-state index contributed by atoms with van der Waals surface area (Å²) in [6.45, 7) is 7.80. The molecule has 1 atom stereocenters. The van der Waals surface area contributed by atoms with E-state index in [0.717, 1.165) is 36.5 Å². The summed E-state index contributed by atoms with van der Waals surface area (Å²) in [4.78, 5) is 19.2. The average Bonchev–Trinajstić information content (AvgIpc) is 3.28. The molecule has 4 heterocycles. The first-order valence-corrected chi connectivity index (χ1v) is 9.34. The monoisotopic (exact) mass is 364 g/mol. The van der Waals surface area contributed by atoms with E-state index in [1.54, 1.807) is 6.33 Å². The van der Waals surface area contributed by atoms with Crippen LogP contribution in [0.5, 0.6) is 0 Å². The Bertz CT molecular complexity index is 962. The van der Waals surface area contributed by atoms with Gasteiger partial charge in [0.15, 0.2) is 11.5 Å². The molecule has 1 aliphatic rings. The van der Waals surface area contributed by atoms with Crippen LogP contribution in [-0.2, 0) is 0 Å². The fourth-order valence-corrected chi connectivity index (χ4v) is 3.43. The van der Waals surface area contributed by atoms with Crippen molar-refractivity contribution >= 4 is 17.2 Å². The van der Waals surface area contributed by atoms with E-state index in [4.69, 9.17) is 0 Å². The topological polar surface area (TPSA) is 75.4 Å². The van der Waals surface area contributed by atoms with Gasteiger partial charge >= 0.3 is 0 Å². The Morgan fingerprint density at radius 2 is 2.07 bits per heavy atom. The largest absolute Gasteiger partial charge is 0.353 e. The third-order valence-corrected chi connectivity index (χ3v) is 5.07. The van der Waals surface area contributed by atoms with Crippen LogP contribution in [0.4, 0.5) is 5.82 Å². The molecule has 1 saturated heterocycles. The molecule has 140 valence electrons. The smallest absolute Gasteiger partial charge is 0.272 e. The summed E-state index contributed by atoms with van der Waals surface area (Å²) in [6, 6.07) is 8.04. The van der Waals surface area contributed by atoms with E-state index in [2.05, 4.69) is 45.3 Å². The van der Waals surface area contributed by atoms with E-state index in [9.17, 15) is 4.79 Å². The first-order chi connectivity index (χ1) is 13.0. The number of fused-ring (bicyclic) bond motifs is 1. The molecule has 7 nitrogen and oxygen atoms in total. The highest BCUT2D eigenvalue weighted by Crippen LogP contribution is 2.20. The van der Waals surface area contributed by atoms with Crippen LogP contribution in [-0.4, -0.2) is 44.6 Å². The number of imidazole rings is 1. The molecule has 3 aromatic heterocycles. The zero-order valence-electron chi connectivity index (χ0n) is 15.9. The number of carbonyl (C=O) groups excluding carboxylic acids is 1. The fourth-order valence-electron chi connectivity index (χ4n) is 3.43. The number of anilines is 1. The fraction of sp³-hybridized carbons (Fsp3) is 0.400. The highest BCUT2D eigenvalue weighted by molar-refractivity contribution is 5.99. The van der Waals surface area contributed by atoms with Gasteiger partial charge in [-0.1, -0.05) is 19.9 Å². The molecule has 7 heteroatoms. The van der Waals surface area contributed by atoms with Gasteiger partial charge in [-0.3, -0.25) is 4.79 Å². The molecule has 3 aromatic rings. The molecule has 1 amide bonds. The molecule has 0 saturated carbocycles. The van der Waals surface area contributed by atoms with Crippen molar-refractivity contribution in [2.45, 2.75) is 39.2 Å². The molecule has 1 N–H and O–H groups in total. The number of pyridine rings is 1. The van der Waals surface area contributed by atoms with Crippen LogP contribution in [0.25, 0.3) is 5.52 Å². The van der Waals surface area contributed by atoms with E-state index in [1.165, 1.54) is 5.56 Å². The summed E-state index contributed by atoms with van der Waals surface area (Å²) in [7, 11) is 0. The van der Waals surface area contributed by atoms with Crippen LogP contribution in [0.1, 0.15) is 47.9 Å². The van der Waals surface area contributed by atoms with E-state index in [0.29, 0.717) is 11.6 Å². The van der Waals surface area contributed by atoms with Crippen molar-refractivity contribution in [1.29, 1.82) is 0 Å². The van der Waals surface area contributed by atoms with E-state index in [-0.39, 0.29) is 11.9 Å². The number of aromatic nitrogens is 4.